The molecule has 0 saturated heterocycles. The highest BCUT2D eigenvalue weighted by Crippen LogP contribution is 2.36. The van der Waals surface area contributed by atoms with Gasteiger partial charge in [0, 0.05) is 30.3 Å². The van der Waals surface area contributed by atoms with E-state index in [9.17, 15) is 13.6 Å². The van der Waals surface area contributed by atoms with Crippen molar-refractivity contribution in [3.8, 4) is 0 Å². The number of rotatable bonds is 4. The fourth-order valence-electron chi connectivity index (χ4n) is 2.87. The van der Waals surface area contributed by atoms with Crippen molar-refractivity contribution in [2.45, 2.75) is 37.6 Å². The van der Waals surface area contributed by atoms with Crippen LogP contribution in [0.15, 0.2) is 41.9 Å². The predicted molar refractivity (Wildman–Crippen MR) is 85.4 cm³/mol. The molecule has 1 N–H and O–H groups in total. The van der Waals surface area contributed by atoms with E-state index in [0.717, 1.165) is 10.6 Å². The van der Waals surface area contributed by atoms with E-state index in [1.165, 1.54) is 11.3 Å². The molecule has 0 spiro atoms. The van der Waals surface area contributed by atoms with Gasteiger partial charge in [-0.3, -0.25) is 4.79 Å². The lowest BCUT2D eigenvalue weighted by Crippen LogP contribution is -2.38. The number of carbonyl (C=O) groups is 1. The van der Waals surface area contributed by atoms with Gasteiger partial charge in [-0.2, -0.15) is 0 Å². The molecule has 0 unspecified atom stereocenters. The number of nitrogens with zero attached hydrogens (tertiary/aromatic N) is 1. The lowest BCUT2D eigenvalue weighted by Gasteiger charge is -2.28. The van der Waals surface area contributed by atoms with E-state index in [4.69, 9.17) is 0 Å². The van der Waals surface area contributed by atoms with Gasteiger partial charge in [-0.15, -0.1) is 11.3 Å². The molecular weight excluding hydrogens is 318 g/mol. The molecule has 1 aliphatic carbocycles. The van der Waals surface area contributed by atoms with Crippen LogP contribution < -0.4 is 5.32 Å². The van der Waals surface area contributed by atoms with Crippen molar-refractivity contribution >= 4 is 17.2 Å². The summed E-state index contributed by atoms with van der Waals surface area (Å²) in [5, 5.41) is 5.65. The minimum Gasteiger partial charge on any atom is -0.342 e. The van der Waals surface area contributed by atoms with Crippen molar-refractivity contribution in [1.82, 2.24) is 10.3 Å². The molecule has 1 saturated carbocycles. The lowest BCUT2D eigenvalue weighted by atomic mass is 9.86. The Morgan fingerprint density at radius 2 is 1.96 bits per heavy atom. The van der Waals surface area contributed by atoms with Crippen LogP contribution in [-0.4, -0.2) is 16.8 Å². The average molecular weight is 336 g/mol. The molecule has 23 heavy (non-hydrogen) atoms. The van der Waals surface area contributed by atoms with Crippen LogP contribution in [0.5, 0.6) is 0 Å². The third-order valence-electron chi connectivity index (χ3n) is 4.21. The van der Waals surface area contributed by atoms with Crippen LogP contribution in [0.2, 0.25) is 0 Å². The van der Waals surface area contributed by atoms with Crippen LogP contribution in [0, 0.1) is 5.92 Å². The first kappa shape index (κ1) is 16.1. The summed E-state index contributed by atoms with van der Waals surface area (Å²) in [5.41, 5.74) is 0.942. The lowest BCUT2D eigenvalue weighted by molar-refractivity contribution is -0.129. The van der Waals surface area contributed by atoms with Crippen LogP contribution in [0.3, 0.4) is 0 Å². The number of alkyl halides is 2. The molecule has 2 aromatic rings. The van der Waals surface area contributed by atoms with E-state index >= 15 is 0 Å². The first-order valence-electron chi connectivity index (χ1n) is 7.68. The maximum atomic E-state index is 13.3. The minimum absolute atomic E-state index is 0.162. The molecule has 1 atom stereocenters. The van der Waals surface area contributed by atoms with Crippen molar-refractivity contribution < 1.29 is 13.6 Å². The number of carbonyl (C=O) groups excluding carboxylic acids is 1. The van der Waals surface area contributed by atoms with Crippen LogP contribution in [0.1, 0.15) is 42.3 Å². The number of aromatic nitrogens is 1. The van der Waals surface area contributed by atoms with Gasteiger partial charge in [-0.05, 0) is 18.4 Å². The third-order valence-corrected chi connectivity index (χ3v) is 5.05. The van der Waals surface area contributed by atoms with Gasteiger partial charge >= 0.3 is 0 Å². The second-order valence-electron chi connectivity index (χ2n) is 5.85. The Morgan fingerprint density at radius 1 is 1.26 bits per heavy atom. The number of nitrogens with one attached hydrogen (secondary N) is 1. The summed E-state index contributed by atoms with van der Waals surface area (Å²) in [6.07, 6.45) is 1.75. The monoisotopic (exact) mass is 336 g/mol. The van der Waals surface area contributed by atoms with Gasteiger partial charge in [0.05, 0.1) is 0 Å². The Labute approximate surface area is 137 Å². The average Bonchev–Trinajstić information content (AvgIpc) is 3.07. The van der Waals surface area contributed by atoms with Crippen molar-refractivity contribution in [3.05, 3.63) is 52.5 Å². The Balaban J connectivity index is 1.73. The second-order valence-corrected chi connectivity index (χ2v) is 6.78. The van der Waals surface area contributed by atoms with E-state index in [1.54, 1.807) is 6.20 Å². The SMILES string of the molecule is O=C(N[C@H](c1ccccc1)c1nccs1)C1CCC(F)(F)CC1. The van der Waals surface area contributed by atoms with Gasteiger partial charge in [-0.1, -0.05) is 30.3 Å². The highest BCUT2D eigenvalue weighted by Gasteiger charge is 2.38. The Hall–Kier alpha value is -1.82. The Kier molecular flexibility index (Phi) is 4.71. The molecule has 1 fully saturated rings. The van der Waals surface area contributed by atoms with Crippen molar-refractivity contribution in [2.24, 2.45) is 5.92 Å². The smallest absolute Gasteiger partial charge is 0.248 e. The van der Waals surface area contributed by atoms with Crippen LogP contribution in [0.25, 0.3) is 0 Å². The molecular formula is C17H18F2N2OS. The number of hydrogen-bond acceptors (Lipinski definition) is 3. The molecule has 0 radical (unpaired) electrons. The van der Waals surface area contributed by atoms with Gasteiger partial charge in [0.2, 0.25) is 11.8 Å². The first-order chi connectivity index (χ1) is 11.1. The fraction of sp³-hybridized carbons (Fsp3) is 0.412. The highest BCUT2D eigenvalue weighted by molar-refractivity contribution is 7.09. The largest absolute Gasteiger partial charge is 0.342 e. The molecule has 6 heteroatoms. The molecule has 1 aliphatic rings. The number of thiazole rings is 1. The minimum atomic E-state index is -2.62. The topological polar surface area (TPSA) is 42.0 Å². The number of hydrogen-bond donors (Lipinski definition) is 1. The molecule has 1 aromatic heterocycles. The molecule has 1 aromatic carbocycles. The van der Waals surface area contributed by atoms with Gasteiger partial charge in [0.25, 0.3) is 0 Å². The van der Waals surface area contributed by atoms with E-state index in [2.05, 4.69) is 10.3 Å². The van der Waals surface area contributed by atoms with Gasteiger partial charge in [-0.25, -0.2) is 13.8 Å². The fourth-order valence-corrected chi connectivity index (χ4v) is 3.59. The van der Waals surface area contributed by atoms with E-state index < -0.39 is 5.92 Å². The maximum Gasteiger partial charge on any atom is 0.248 e. The van der Waals surface area contributed by atoms with E-state index in [0.29, 0.717) is 0 Å². The Morgan fingerprint density at radius 3 is 2.57 bits per heavy atom. The molecule has 0 aliphatic heterocycles. The van der Waals surface area contributed by atoms with Crippen molar-refractivity contribution in [3.63, 3.8) is 0 Å². The summed E-state index contributed by atoms with van der Waals surface area (Å²) in [6.45, 7) is 0. The Bertz CT molecular complexity index is 636. The van der Waals surface area contributed by atoms with Gasteiger partial charge in [0.1, 0.15) is 11.0 Å². The highest BCUT2D eigenvalue weighted by atomic mass is 32.1. The number of halogens is 2. The van der Waals surface area contributed by atoms with Crippen LogP contribution in [0.4, 0.5) is 8.78 Å². The van der Waals surface area contributed by atoms with Crippen LogP contribution >= 0.6 is 11.3 Å². The standard InChI is InChI=1S/C17H18F2N2OS/c18-17(19)8-6-13(7-9-17)15(22)21-14(16-20-10-11-23-16)12-4-2-1-3-5-12/h1-5,10-11,13-14H,6-9H2,(H,21,22)/t14-/m1/s1. The molecule has 3 rings (SSSR count). The zero-order valence-electron chi connectivity index (χ0n) is 12.5. The first-order valence-corrected chi connectivity index (χ1v) is 8.56. The zero-order chi connectivity index (χ0) is 16.3. The third kappa shape index (κ3) is 3.93. The number of benzene rings is 1. The van der Waals surface area contributed by atoms with Gasteiger partial charge in [0.15, 0.2) is 0 Å². The summed E-state index contributed by atoms with van der Waals surface area (Å²) in [6, 6.07) is 9.26. The molecule has 1 amide bonds. The number of amides is 1. The summed E-state index contributed by atoms with van der Waals surface area (Å²) in [7, 11) is 0. The second kappa shape index (κ2) is 6.74. The normalized spacial score (nSPS) is 19.2. The van der Waals surface area contributed by atoms with Crippen molar-refractivity contribution in [1.29, 1.82) is 0 Å². The maximum absolute atomic E-state index is 13.3. The predicted octanol–water partition coefficient (Wildman–Crippen LogP) is 4.17. The molecule has 0 bridgehead atoms. The quantitative estimate of drug-likeness (QED) is 0.910. The molecule has 122 valence electrons. The van der Waals surface area contributed by atoms with E-state index in [1.807, 2.05) is 35.7 Å². The van der Waals surface area contributed by atoms with Gasteiger partial charge < -0.3 is 5.32 Å². The van der Waals surface area contributed by atoms with Crippen molar-refractivity contribution in [2.75, 3.05) is 0 Å². The van der Waals surface area contributed by atoms with Crippen LogP contribution in [-0.2, 0) is 4.79 Å². The molecule has 1 heterocycles. The summed E-state index contributed by atoms with van der Waals surface area (Å²) in [5.74, 6) is -3.13. The summed E-state index contributed by atoms with van der Waals surface area (Å²) < 4.78 is 26.5. The molecule has 3 nitrogen and oxygen atoms in total. The summed E-state index contributed by atoms with van der Waals surface area (Å²) >= 11 is 1.47. The van der Waals surface area contributed by atoms with E-state index in [-0.39, 0.29) is 43.6 Å². The zero-order valence-corrected chi connectivity index (χ0v) is 13.4. The summed E-state index contributed by atoms with van der Waals surface area (Å²) in [4.78, 5) is 16.8.